The first kappa shape index (κ1) is 32.6. The van der Waals surface area contributed by atoms with Gasteiger partial charge in [-0.25, -0.2) is 0 Å². The van der Waals surface area contributed by atoms with E-state index in [9.17, 15) is 19.2 Å². The fourth-order valence-corrected chi connectivity index (χ4v) is 4.72. The van der Waals surface area contributed by atoms with Crippen LogP contribution in [0.2, 0.25) is 5.02 Å². The molecule has 1 fully saturated rings. The van der Waals surface area contributed by atoms with Crippen LogP contribution < -0.4 is 0 Å². The van der Waals surface area contributed by atoms with Crippen molar-refractivity contribution in [2.45, 2.75) is 64.6 Å². The average Bonchev–Trinajstić information content (AvgIpc) is 2.91. The first-order valence-electron chi connectivity index (χ1n) is 13.1. The SMILES string of the molecule is COCC#Cc1ccc(Cc2cc([C@@H]3O[C@H](COC(C)=O)[C@@H](OC(C)=O)[C@H](OC(C)=O)[C@H]3OC(C)=O)ccc2Cl)cc1. The predicted octanol–water partition coefficient (Wildman–Crippen LogP) is 3.73. The fraction of sp³-hybridized carbons (Fsp3) is 0.419. The summed E-state index contributed by atoms with van der Waals surface area (Å²) >= 11 is 6.57. The highest BCUT2D eigenvalue weighted by Gasteiger charge is 2.52. The molecule has 3 rings (SSSR count). The first-order chi connectivity index (χ1) is 20.0. The lowest BCUT2D eigenvalue weighted by molar-refractivity contribution is -0.254. The molecule has 0 aliphatic carbocycles. The Morgan fingerprint density at radius 1 is 0.833 bits per heavy atom. The number of carbonyl (C=O) groups is 4. The number of benzene rings is 2. The Kier molecular flexibility index (Phi) is 11.9. The lowest BCUT2D eigenvalue weighted by atomic mass is 9.89. The summed E-state index contributed by atoms with van der Waals surface area (Å²) in [6, 6.07) is 12.9. The molecule has 11 heteroatoms. The van der Waals surface area contributed by atoms with E-state index < -0.39 is 54.4 Å². The van der Waals surface area contributed by atoms with Gasteiger partial charge in [-0.15, -0.1) is 0 Å². The molecule has 0 saturated carbocycles. The Labute approximate surface area is 249 Å². The van der Waals surface area contributed by atoms with Gasteiger partial charge in [0.15, 0.2) is 18.3 Å². The van der Waals surface area contributed by atoms with Crippen LogP contribution in [-0.4, -0.2) is 68.6 Å². The Balaban J connectivity index is 2.01. The third-order valence-electron chi connectivity index (χ3n) is 6.19. The van der Waals surface area contributed by atoms with Crippen LogP contribution >= 0.6 is 11.6 Å². The Hall–Kier alpha value is -3.91. The molecule has 0 N–H and O–H groups in total. The number of carbonyl (C=O) groups excluding carboxylic acids is 4. The molecule has 2 aromatic carbocycles. The Morgan fingerprint density at radius 3 is 2.05 bits per heavy atom. The van der Waals surface area contributed by atoms with Crippen molar-refractivity contribution in [3.05, 3.63) is 69.7 Å². The lowest BCUT2D eigenvalue weighted by Gasteiger charge is -2.44. The smallest absolute Gasteiger partial charge is 0.303 e. The molecule has 0 radical (unpaired) electrons. The van der Waals surface area contributed by atoms with E-state index in [2.05, 4.69) is 11.8 Å². The maximum Gasteiger partial charge on any atom is 0.303 e. The van der Waals surface area contributed by atoms with Crippen LogP contribution in [0.4, 0.5) is 0 Å². The second-order valence-corrected chi connectivity index (χ2v) is 9.99. The Morgan fingerprint density at radius 2 is 1.45 bits per heavy atom. The van der Waals surface area contributed by atoms with Crippen molar-refractivity contribution in [1.29, 1.82) is 0 Å². The van der Waals surface area contributed by atoms with E-state index in [-0.39, 0.29) is 6.61 Å². The zero-order valence-electron chi connectivity index (χ0n) is 24.0. The van der Waals surface area contributed by atoms with E-state index in [0.717, 1.165) is 16.7 Å². The largest absolute Gasteiger partial charge is 0.463 e. The number of esters is 4. The zero-order valence-corrected chi connectivity index (χ0v) is 24.8. The van der Waals surface area contributed by atoms with E-state index in [1.54, 1.807) is 25.3 Å². The fourth-order valence-electron chi connectivity index (χ4n) is 4.54. The van der Waals surface area contributed by atoms with Crippen LogP contribution in [0, 0.1) is 11.8 Å². The van der Waals surface area contributed by atoms with Crippen molar-refractivity contribution in [2.24, 2.45) is 0 Å². The molecule has 0 aromatic heterocycles. The highest BCUT2D eigenvalue weighted by Crippen LogP contribution is 2.39. The first-order valence-corrected chi connectivity index (χ1v) is 13.5. The van der Waals surface area contributed by atoms with Crippen molar-refractivity contribution in [2.75, 3.05) is 20.3 Å². The Bertz CT molecular complexity index is 1340. The van der Waals surface area contributed by atoms with Crippen molar-refractivity contribution >= 4 is 35.5 Å². The molecule has 1 aliphatic heterocycles. The summed E-state index contributed by atoms with van der Waals surface area (Å²) in [6.07, 6.45) is -5.29. The molecule has 0 spiro atoms. The van der Waals surface area contributed by atoms with Crippen LogP contribution in [0.1, 0.15) is 56.1 Å². The summed E-state index contributed by atoms with van der Waals surface area (Å²) in [5.74, 6) is 3.27. The zero-order chi connectivity index (χ0) is 30.8. The second kappa shape index (κ2) is 15.4. The van der Waals surface area contributed by atoms with E-state index >= 15 is 0 Å². The third kappa shape index (κ3) is 9.31. The number of halogens is 1. The molecule has 1 saturated heterocycles. The molecule has 224 valence electrons. The van der Waals surface area contributed by atoms with Crippen molar-refractivity contribution in [1.82, 2.24) is 0 Å². The molecule has 1 aliphatic rings. The number of rotatable bonds is 9. The molecule has 10 nitrogen and oxygen atoms in total. The summed E-state index contributed by atoms with van der Waals surface area (Å²) in [7, 11) is 1.58. The van der Waals surface area contributed by atoms with Gasteiger partial charge in [-0.05, 0) is 41.3 Å². The van der Waals surface area contributed by atoms with Gasteiger partial charge >= 0.3 is 23.9 Å². The van der Waals surface area contributed by atoms with Gasteiger partial charge in [0.05, 0.1) is 0 Å². The lowest BCUT2D eigenvalue weighted by Crippen LogP contribution is -2.59. The number of methoxy groups -OCH3 is 1. The van der Waals surface area contributed by atoms with Crippen LogP contribution in [0.15, 0.2) is 42.5 Å². The maximum absolute atomic E-state index is 12.2. The number of ether oxygens (including phenoxy) is 6. The molecule has 2 aromatic rings. The third-order valence-corrected chi connectivity index (χ3v) is 6.56. The van der Waals surface area contributed by atoms with Crippen LogP contribution in [0.3, 0.4) is 0 Å². The van der Waals surface area contributed by atoms with Gasteiger partial charge in [0.1, 0.15) is 25.4 Å². The average molecular weight is 601 g/mol. The molecule has 42 heavy (non-hydrogen) atoms. The highest BCUT2D eigenvalue weighted by atomic mass is 35.5. The topological polar surface area (TPSA) is 124 Å². The van der Waals surface area contributed by atoms with Gasteiger partial charge in [0.25, 0.3) is 0 Å². The van der Waals surface area contributed by atoms with Crippen molar-refractivity contribution < 1.29 is 47.6 Å². The quantitative estimate of drug-likeness (QED) is 0.239. The van der Waals surface area contributed by atoms with Gasteiger partial charge in [-0.3, -0.25) is 19.2 Å². The normalized spacial score (nSPS) is 21.3. The van der Waals surface area contributed by atoms with Crippen molar-refractivity contribution in [3.8, 4) is 11.8 Å². The number of hydrogen-bond donors (Lipinski definition) is 0. The van der Waals surface area contributed by atoms with Crippen molar-refractivity contribution in [3.63, 3.8) is 0 Å². The van der Waals surface area contributed by atoms with E-state index in [1.165, 1.54) is 27.7 Å². The monoisotopic (exact) mass is 600 g/mol. The van der Waals surface area contributed by atoms with Crippen LogP contribution in [0.25, 0.3) is 0 Å². The summed E-state index contributed by atoms with van der Waals surface area (Å²) in [6.45, 7) is 4.79. The minimum absolute atomic E-state index is 0.311. The van der Waals surface area contributed by atoms with Gasteiger partial charge in [0, 0.05) is 45.4 Å². The minimum atomic E-state index is -1.26. The summed E-state index contributed by atoms with van der Waals surface area (Å²) < 4.78 is 33.0. The van der Waals surface area contributed by atoms with Crippen LogP contribution in [-0.2, 0) is 54.0 Å². The molecule has 0 unspecified atom stereocenters. The van der Waals surface area contributed by atoms with Crippen LogP contribution in [0.5, 0.6) is 0 Å². The van der Waals surface area contributed by atoms with E-state index in [1.807, 2.05) is 24.3 Å². The molecule has 5 atom stereocenters. The molecule has 0 bridgehead atoms. The summed E-state index contributed by atoms with van der Waals surface area (Å²) in [5.41, 5.74) is 3.11. The highest BCUT2D eigenvalue weighted by molar-refractivity contribution is 6.31. The molecular weight excluding hydrogens is 568 g/mol. The van der Waals surface area contributed by atoms with E-state index in [4.69, 9.17) is 40.0 Å². The standard InChI is InChI=1S/C31H33ClO10/c1-18(33)38-17-27-29(39-19(2)34)31(41-21(4)36)30(40-20(3)35)28(42-27)24-12-13-26(32)25(16-24)15-23-10-8-22(9-11-23)7-6-14-37-5/h8-13,16,27-31H,14-15,17H2,1-5H3/t27-,28+,29-,30+,31+/m1/s1. The number of hydrogen-bond acceptors (Lipinski definition) is 10. The van der Waals surface area contributed by atoms with Gasteiger partial charge < -0.3 is 28.4 Å². The molecule has 0 amide bonds. The molecular formula is C31H33ClO10. The van der Waals surface area contributed by atoms with Gasteiger partial charge in [-0.1, -0.05) is 47.7 Å². The minimum Gasteiger partial charge on any atom is -0.463 e. The summed E-state index contributed by atoms with van der Waals surface area (Å²) in [5, 5.41) is 0.494. The maximum atomic E-state index is 12.2. The van der Waals surface area contributed by atoms with E-state index in [0.29, 0.717) is 23.6 Å². The van der Waals surface area contributed by atoms with Gasteiger partial charge in [-0.2, -0.15) is 0 Å². The van der Waals surface area contributed by atoms with Gasteiger partial charge in [0.2, 0.25) is 0 Å². The molecule has 1 heterocycles. The second-order valence-electron chi connectivity index (χ2n) is 9.58. The predicted molar refractivity (Wildman–Crippen MR) is 150 cm³/mol. The summed E-state index contributed by atoms with van der Waals surface area (Å²) in [4.78, 5) is 47.9.